The van der Waals surface area contributed by atoms with Crippen LogP contribution in [0.4, 0.5) is 0 Å². The zero-order valence-corrected chi connectivity index (χ0v) is 13.3. The first-order valence-electron chi connectivity index (χ1n) is 5.73. The van der Waals surface area contributed by atoms with E-state index in [4.69, 9.17) is 18.9 Å². The van der Waals surface area contributed by atoms with Crippen LogP contribution in [-0.2, 0) is 18.9 Å². The van der Waals surface area contributed by atoms with Gasteiger partial charge in [0.15, 0.2) is 3.42 Å². The molecule has 0 spiro atoms. The molecule has 17 heavy (non-hydrogen) atoms. The monoisotopic (exact) mass is 372 g/mol. The van der Waals surface area contributed by atoms with E-state index in [0.717, 1.165) is 13.2 Å². The fourth-order valence-electron chi connectivity index (χ4n) is 1.25. The minimum absolute atomic E-state index is 0.198. The van der Waals surface area contributed by atoms with Crippen molar-refractivity contribution in [3.8, 4) is 0 Å². The average Bonchev–Trinajstić information content (AvgIpc) is 3.10. The second-order valence-corrected chi connectivity index (χ2v) is 8.44. The van der Waals surface area contributed by atoms with E-state index in [1.54, 1.807) is 0 Å². The predicted molar refractivity (Wildman–Crippen MR) is 70.6 cm³/mol. The van der Waals surface area contributed by atoms with Crippen LogP contribution in [0.1, 0.15) is 13.8 Å². The van der Waals surface area contributed by atoms with Gasteiger partial charge in [0, 0.05) is 5.41 Å². The first kappa shape index (κ1) is 14.2. The van der Waals surface area contributed by atoms with Crippen molar-refractivity contribution in [2.75, 3.05) is 33.0 Å². The Balaban J connectivity index is 1.72. The van der Waals surface area contributed by atoms with Crippen LogP contribution >= 0.6 is 31.9 Å². The van der Waals surface area contributed by atoms with Gasteiger partial charge in [0.05, 0.1) is 33.0 Å². The zero-order chi connectivity index (χ0) is 12.5. The van der Waals surface area contributed by atoms with Gasteiger partial charge in [-0.25, -0.2) is 0 Å². The molecule has 0 amide bonds. The molecule has 0 radical (unpaired) electrons. The number of hydrogen-bond donors (Lipinski definition) is 0. The van der Waals surface area contributed by atoms with Crippen molar-refractivity contribution in [2.45, 2.75) is 29.5 Å². The summed E-state index contributed by atoms with van der Waals surface area (Å²) in [7, 11) is 0. The Morgan fingerprint density at radius 2 is 1.65 bits per heavy atom. The summed E-state index contributed by atoms with van der Waals surface area (Å²) in [5.74, 6) is 0. The van der Waals surface area contributed by atoms with Gasteiger partial charge in [0.1, 0.15) is 12.2 Å². The van der Waals surface area contributed by atoms with Crippen LogP contribution in [0.2, 0.25) is 0 Å². The highest BCUT2D eigenvalue weighted by atomic mass is 79.9. The predicted octanol–water partition coefficient (Wildman–Crippen LogP) is 2.29. The van der Waals surface area contributed by atoms with Crippen LogP contribution in [0.25, 0.3) is 0 Å². The summed E-state index contributed by atoms with van der Waals surface area (Å²) in [6.45, 7) is 7.62. The van der Waals surface area contributed by atoms with Crippen LogP contribution in [-0.4, -0.2) is 48.7 Å². The summed E-state index contributed by atoms with van der Waals surface area (Å²) in [4.78, 5) is 0. The number of hydrogen-bond acceptors (Lipinski definition) is 4. The zero-order valence-electron chi connectivity index (χ0n) is 10.1. The lowest BCUT2D eigenvalue weighted by Crippen LogP contribution is -2.40. The van der Waals surface area contributed by atoms with Crippen LogP contribution in [0, 0.1) is 5.41 Å². The summed E-state index contributed by atoms with van der Waals surface area (Å²) >= 11 is 7.14. The first-order chi connectivity index (χ1) is 7.91. The lowest BCUT2D eigenvalue weighted by atomic mass is 9.96. The van der Waals surface area contributed by atoms with E-state index < -0.39 is 3.42 Å². The third-order valence-electron chi connectivity index (χ3n) is 2.81. The van der Waals surface area contributed by atoms with Gasteiger partial charge in [-0.2, -0.15) is 0 Å². The topological polar surface area (TPSA) is 43.5 Å². The molecule has 2 fully saturated rings. The molecule has 0 aromatic rings. The smallest absolute Gasteiger partial charge is 0.185 e. The molecule has 2 saturated heterocycles. The van der Waals surface area contributed by atoms with Gasteiger partial charge in [0.2, 0.25) is 0 Å². The number of ether oxygens (including phenoxy) is 4. The van der Waals surface area contributed by atoms with Crippen molar-refractivity contribution in [3.05, 3.63) is 0 Å². The fraction of sp³-hybridized carbons (Fsp3) is 1.00. The van der Waals surface area contributed by atoms with E-state index in [1.807, 2.05) is 0 Å². The van der Waals surface area contributed by atoms with Crippen LogP contribution in [0.3, 0.4) is 0 Å². The van der Waals surface area contributed by atoms with Crippen molar-refractivity contribution >= 4 is 31.9 Å². The minimum atomic E-state index is -0.594. The molecule has 2 aliphatic heterocycles. The van der Waals surface area contributed by atoms with Gasteiger partial charge in [-0.05, 0) is 31.9 Å². The van der Waals surface area contributed by atoms with E-state index in [-0.39, 0.29) is 11.5 Å². The Morgan fingerprint density at radius 1 is 1.12 bits per heavy atom. The first-order valence-corrected chi connectivity index (χ1v) is 7.32. The molecule has 0 aromatic carbocycles. The molecular weight excluding hydrogens is 356 g/mol. The maximum absolute atomic E-state index is 5.79. The van der Waals surface area contributed by atoms with Gasteiger partial charge < -0.3 is 18.9 Å². The van der Waals surface area contributed by atoms with Crippen LogP contribution < -0.4 is 0 Å². The molecule has 2 rings (SSSR count). The van der Waals surface area contributed by atoms with E-state index in [1.165, 1.54) is 0 Å². The third kappa shape index (κ3) is 4.44. The van der Waals surface area contributed by atoms with E-state index in [2.05, 4.69) is 45.7 Å². The number of halogens is 2. The standard InChI is InChI=1S/C11H18Br2O4/c1-10(2,7-14-3-8-4-15-8)11(12,13)17-6-9-5-16-9/h8-9H,3-7H2,1-2H3. The second kappa shape index (κ2) is 5.43. The molecule has 0 aromatic heterocycles. The lowest BCUT2D eigenvalue weighted by Gasteiger charge is -2.37. The molecular formula is C11H18Br2O4. The Kier molecular flexibility index (Phi) is 4.54. The van der Waals surface area contributed by atoms with Crippen LogP contribution in [0.15, 0.2) is 0 Å². The summed E-state index contributed by atoms with van der Waals surface area (Å²) in [6, 6.07) is 0. The summed E-state index contributed by atoms with van der Waals surface area (Å²) in [6.07, 6.45) is 0.549. The van der Waals surface area contributed by atoms with Gasteiger partial charge in [0.25, 0.3) is 0 Å². The van der Waals surface area contributed by atoms with Crippen molar-refractivity contribution in [1.82, 2.24) is 0 Å². The normalized spacial score (nSPS) is 28.2. The van der Waals surface area contributed by atoms with Gasteiger partial charge in [-0.3, -0.25) is 0 Å². The molecule has 4 nitrogen and oxygen atoms in total. The SMILES string of the molecule is CC(C)(COCC1CO1)C(Br)(Br)OCC1CO1. The largest absolute Gasteiger partial charge is 0.378 e. The van der Waals surface area contributed by atoms with Crippen molar-refractivity contribution in [3.63, 3.8) is 0 Å². The van der Waals surface area contributed by atoms with Gasteiger partial charge >= 0.3 is 0 Å². The van der Waals surface area contributed by atoms with Crippen molar-refractivity contribution < 1.29 is 18.9 Å². The highest BCUT2D eigenvalue weighted by Gasteiger charge is 2.44. The Hall–Kier alpha value is 0.800. The molecule has 2 atom stereocenters. The molecule has 2 unspecified atom stereocenters. The molecule has 0 bridgehead atoms. The van der Waals surface area contributed by atoms with Crippen molar-refractivity contribution in [2.24, 2.45) is 5.41 Å². The average molecular weight is 374 g/mol. The lowest BCUT2D eigenvalue weighted by molar-refractivity contribution is -0.0376. The Morgan fingerprint density at radius 3 is 2.18 bits per heavy atom. The minimum Gasteiger partial charge on any atom is -0.378 e. The van der Waals surface area contributed by atoms with Crippen LogP contribution in [0.5, 0.6) is 0 Å². The van der Waals surface area contributed by atoms with Gasteiger partial charge in [-0.1, -0.05) is 13.8 Å². The Bertz CT molecular complexity index is 262. The highest BCUT2D eigenvalue weighted by Crippen LogP contribution is 2.45. The fourth-order valence-corrected chi connectivity index (χ4v) is 1.74. The third-order valence-corrected chi connectivity index (χ3v) is 5.41. The van der Waals surface area contributed by atoms with Crippen molar-refractivity contribution in [1.29, 1.82) is 0 Å². The molecule has 0 saturated carbocycles. The molecule has 2 heterocycles. The maximum Gasteiger partial charge on any atom is 0.185 e. The van der Waals surface area contributed by atoms with E-state index in [9.17, 15) is 0 Å². The highest BCUT2D eigenvalue weighted by molar-refractivity contribution is 9.25. The quantitative estimate of drug-likeness (QED) is 0.483. The molecule has 2 aliphatic rings. The Labute approximate surface area is 119 Å². The summed E-state index contributed by atoms with van der Waals surface area (Å²) in [5.41, 5.74) is -0.198. The molecule has 6 heteroatoms. The number of alkyl halides is 2. The number of epoxide rings is 2. The summed E-state index contributed by atoms with van der Waals surface area (Å²) < 4.78 is 21.1. The molecule has 0 aliphatic carbocycles. The maximum atomic E-state index is 5.79. The molecule has 100 valence electrons. The number of rotatable bonds is 8. The van der Waals surface area contributed by atoms with Gasteiger partial charge in [-0.15, -0.1) is 0 Å². The van der Waals surface area contributed by atoms with E-state index in [0.29, 0.717) is 25.9 Å². The second-order valence-electron chi connectivity index (χ2n) is 5.14. The van der Waals surface area contributed by atoms with E-state index >= 15 is 0 Å². The summed E-state index contributed by atoms with van der Waals surface area (Å²) in [5, 5.41) is 0. The molecule has 0 N–H and O–H groups in total.